The molecule has 3 heteroatoms. The predicted molar refractivity (Wildman–Crippen MR) is 237 cm³/mol. The van der Waals surface area contributed by atoms with Crippen LogP contribution in [0.1, 0.15) is 31.8 Å². The second kappa shape index (κ2) is 11.7. The molecule has 13 rings (SSSR count). The third kappa shape index (κ3) is 4.17. The van der Waals surface area contributed by atoms with E-state index in [9.17, 15) is 2.74 Å². The zero-order chi connectivity index (χ0) is 44.0. The van der Waals surface area contributed by atoms with Crippen LogP contribution >= 0.6 is 0 Å². The quantitative estimate of drug-likeness (QED) is 0.180. The molecule has 3 nitrogen and oxygen atoms in total. The Hall–Kier alpha value is -7.62. The number of rotatable bonds is 4. The van der Waals surface area contributed by atoms with Gasteiger partial charge in [0.15, 0.2) is 0 Å². The third-order valence-electron chi connectivity index (χ3n) is 12.2. The summed E-state index contributed by atoms with van der Waals surface area (Å²) in [5, 5.41) is 2.24. The summed E-state index contributed by atoms with van der Waals surface area (Å²) in [5.74, 6) is 0. The van der Waals surface area contributed by atoms with Crippen molar-refractivity contribution in [3.63, 3.8) is 0 Å². The van der Waals surface area contributed by atoms with E-state index < -0.39 is 29.6 Å². The molecule has 0 saturated carbocycles. The smallest absolute Gasteiger partial charge is 0.137 e. The van der Waals surface area contributed by atoms with E-state index in [2.05, 4.69) is 97.1 Å². The van der Waals surface area contributed by atoms with E-state index >= 15 is 0 Å². The van der Waals surface area contributed by atoms with Gasteiger partial charge in [0.25, 0.3) is 0 Å². The molecular formula is C55H33NO2. The highest BCUT2D eigenvalue weighted by atomic mass is 16.3. The molecule has 270 valence electrons. The summed E-state index contributed by atoms with van der Waals surface area (Å²) in [6, 6.07) is 51.3. The van der Waals surface area contributed by atoms with Crippen molar-refractivity contribution >= 4 is 60.9 Å². The number of hydrogen-bond acceptors (Lipinski definition) is 3. The summed E-state index contributed by atoms with van der Waals surface area (Å²) in [6.45, 7) is 0. The first-order valence-electron chi connectivity index (χ1n) is 22.8. The van der Waals surface area contributed by atoms with E-state index in [1.807, 2.05) is 65.6 Å². The van der Waals surface area contributed by atoms with Crippen LogP contribution in [0.3, 0.4) is 0 Å². The maximum absolute atomic E-state index is 9.71. The number of anilines is 3. The lowest BCUT2D eigenvalue weighted by atomic mass is 9.70. The summed E-state index contributed by atoms with van der Waals surface area (Å²) in [5.41, 5.74) is 13.1. The lowest BCUT2D eigenvalue weighted by Gasteiger charge is -2.32. The number of hydrogen-bond donors (Lipinski definition) is 0. The molecule has 0 radical (unpaired) electrons. The minimum Gasteiger partial charge on any atom is -0.456 e. The van der Waals surface area contributed by atoms with Gasteiger partial charge in [-0.25, -0.2) is 0 Å². The molecule has 0 bridgehead atoms. The third-order valence-corrected chi connectivity index (χ3v) is 12.2. The number of para-hydroxylation sites is 2. The molecule has 0 atom stereocenters. The first-order valence-corrected chi connectivity index (χ1v) is 19.3. The predicted octanol–water partition coefficient (Wildman–Crippen LogP) is 15.0. The van der Waals surface area contributed by atoms with Crippen LogP contribution in [-0.2, 0) is 5.41 Å². The van der Waals surface area contributed by atoms with Gasteiger partial charge in [-0.3, -0.25) is 0 Å². The summed E-state index contributed by atoms with van der Waals surface area (Å²) in [4.78, 5) is 1.89. The molecule has 2 aliphatic carbocycles. The van der Waals surface area contributed by atoms with Crippen LogP contribution in [0.15, 0.2) is 209 Å². The number of fused-ring (bicyclic) bond motifs is 16. The van der Waals surface area contributed by atoms with Crippen LogP contribution in [0.25, 0.3) is 77.3 Å². The Morgan fingerprint density at radius 1 is 0.397 bits per heavy atom. The normalized spacial score (nSPS) is 15.0. The van der Waals surface area contributed by atoms with Gasteiger partial charge < -0.3 is 13.7 Å². The Kier molecular flexibility index (Phi) is 5.15. The van der Waals surface area contributed by atoms with E-state index in [0.29, 0.717) is 11.4 Å². The maximum atomic E-state index is 9.71. The fourth-order valence-electron chi connectivity index (χ4n) is 9.85. The van der Waals surface area contributed by atoms with E-state index in [0.717, 1.165) is 77.6 Å². The van der Waals surface area contributed by atoms with E-state index in [1.54, 1.807) is 0 Å². The van der Waals surface area contributed by atoms with Crippen molar-refractivity contribution in [3.05, 3.63) is 222 Å². The molecule has 0 unspecified atom stereocenters. The van der Waals surface area contributed by atoms with Crippen LogP contribution in [0.2, 0.25) is 0 Å². The molecule has 0 fully saturated rings. The molecule has 2 aromatic heterocycles. The number of furan rings is 2. The molecule has 58 heavy (non-hydrogen) atoms. The van der Waals surface area contributed by atoms with E-state index in [-0.39, 0.29) is 45.8 Å². The molecular weight excluding hydrogens is 707 g/mol. The van der Waals surface area contributed by atoms with Crippen molar-refractivity contribution < 1.29 is 18.4 Å². The Labute approximate surface area is 344 Å². The first-order chi connectivity index (χ1) is 31.7. The molecule has 0 aliphatic heterocycles. The van der Waals surface area contributed by atoms with E-state index in [1.165, 1.54) is 0 Å². The summed E-state index contributed by atoms with van der Waals surface area (Å²) < 4.78 is 75.4. The fraction of sp³-hybridized carbons (Fsp3) is 0.0182. The Morgan fingerprint density at radius 2 is 0.983 bits per heavy atom. The molecule has 11 aromatic rings. The Morgan fingerprint density at radius 3 is 1.74 bits per heavy atom. The number of nitrogens with zero attached hydrogens (tertiary/aromatic N) is 1. The van der Waals surface area contributed by atoms with Gasteiger partial charge in [-0.2, -0.15) is 0 Å². The van der Waals surface area contributed by atoms with Crippen LogP contribution in [0, 0.1) is 0 Å². The van der Waals surface area contributed by atoms with Gasteiger partial charge >= 0.3 is 0 Å². The van der Waals surface area contributed by atoms with Gasteiger partial charge in [0, 0.05) is 27.5 Å². The van der Waals surface area contributed by atoms with Crippen molar-refractivity contribution in [1.82, 2.24) is 0 Å². The van der Waals surface area contributed by atoms with Gasteiger partial charge in [0.2, 0.25) is 0 Å². The second-order valence-corrected chi connectivity index (χ2v) is 15.0. The second-order valence-electron chi connectivity index (χ2n) is 15.0. The van der Waals surface area contributed by atoms with Crippen molar-refractivity contribution in [1.29, 1.82) is 0 Å². The highest BCUT2D eigenvalue weighted by Crippen LogP contribution is 2.63. The summed E-state index contributed by atoms with van der Waals surface area (Å²) in [7, 11) is 0. The van der Waals surface area contributed by atoms with Crippen LogP contribution in [-0.4, -0.2) is 0 Å². The Bertz CT molecular complexity index is 3830. The molecule has 1 spiro atoms. The average Bonchev–Trinajstić information content (AvgIpc) is 4.09. The lowest BCUT2D eigenvalue weighted by Crippen LogP contribution is -2.26. The molecule has 9 aromatic carbocycles. The lowest BCUT2D eigenvalue weighted by molar-refractivity contribution is 0.668. The van der Waals surface area contributed by atoms with Crippen molar-refractivity contribution in [2.75, 3.05) is 4.90 Å². The fourth-order valence-corrected chi connectivity index (χ4v) is 9.85. The van der Waals surface area contributed by atoms with Crippen LogP contribution < -0.4 is 4.90 Å². The molecule has 0 saturated heterocycles. The molecule has 2 heterocycles. The van der Waals surface area contributed by atoms with Gasteiger partial charge in [0.1, 0.15) is 22.3 Å². The SMILES string of the molecule is [2H]c1c([2H])c([2H])c2c(oc3c([2H])c([2H])c([2H])c(N(c4ccc(-c5ccc6oc7ccccc7c6c5)cc4)c4ccc5c(c4)C4(c6ccccc6-c6ccccc64)c4ccccc4-5)c32)c1[2H]. The van der Waals surface area contributed by atoms with Gasteiger partial charge in [-0.15, -0.1) is 0 Å². The van der Waals surface area contributed by atoms with E-state index in [4.69, 9.17) is 15.7 Å². The Balaban J connectivity index is 1.10. The minimum atomic E-state index is -0.688. The van der Waals surface area contributed by atoms with Crippen molar-refractivity contribution in [2.45, 2.75) is 5.41 Å². The van der Waals surface area contributed by atoms with Gasteiger partial charge in [0.05, 0.1) is 26.1 Å². The van der Waals surface area contributed by atoms with Gasteiger partial charge in [-0.1, -0.05) is 139 Å². The van der Waals surface area contributed by atoms with Crippen molar-refractivity contribution in [3.8, 4) is 33.4 Å². The standard InChI is InChI=1S/C55H33NO2/c1-6-17-45-38(12-1)39-13-2-7-18-46(39)55(45)47-19-8-3-14-40(47)41-30-29-37(33-48(41)55)56(49-20-11-23-53-54(49)43-16-5-10-22-51(43)58-53)36-27-24-34(25-28-36)35-26-31-52-44(32-35)42-15-4-9-21-50(42)57-52/h1-33H/i5D,10D,11D,16D,20D,22D,23D. The van der Waals surface area contributed by atoms with Crippen LogP contribution in [0.5, 0.6) is 0 Å². The topological polar surface area (TPSA) is 29.5 Å². The zero-order valence-corrected chi connectivity index (χ0v) is 30.8. The maximum Gasteiger partial charge on any atom is 0.137 e. The number of benzene rings is 9. The highest BCUT2D eigenvalue weighted by molar-refractivity contribution is 6.13. The highest BCUT2D eigenvalue weighted by Gasteiger charge is 2.51. The molecule has 0 N–H and O–H groups in total. The van der Waals surface area contributed by atoms with Crippen molar-refractivity contribution in [2.24, 2.45) is 0 Å². The summed E-state index contributed by atoms with van der Waals surface area (Å²) >= 11 is 0. The summed E-state index contributed by atoms with van der Waals surface area (Å²) in [6.07, 6.45) is 0. The van der Waals surface area contributed by atoms with Gasteiger partial charge in [-0.05, 0) is 116 Å². The minimum absolute atomic E-state index is 0.0499. The monoisotopic (exact) mass is 746 g/mol. The largest absolute Gasteiger partial charge is 0.456 e. The van der Waals surface area contributed by atoms with Crippen LogP contribution in [0.4, 0.5) is 17.1 Å². The molecule has 0 amide bonds. The zero-order valence-electron chi connectivity index (χ0n) is 37.8. The first kappa shape index (κ1) is 25.5. The molecule has 2 aliphatic rings. The average molecular weight is 747 g/mol.